The monoisotopic (exact) mass is 338 g/mol. The average molecular weight is 338 g/mol. The molecular formula is C16H26FeO4. The number of carbonyl (C=O) groups is 2. The molecule has 5 heteroatoms. The van der Waals surface area contributed by atoms with Gasteiger partial charge in [-0.25, -0.2) is 0 Å². The summed E-state index contributed by atoms with van der Waals surface area (Å²) >= 11 is 0. The van der Waals surface area contributed by atoms with Crippen LogP contribution in [0.25, 0.3) is 0 Å². The second-order valence-electron chi connectivity index (χ2n) is 4.43. The largest absolute Gasteiger partial charge is 2.00 e. The molecule has 0 aliphatic rings. The fourth-order valence-corrected chi connectivity index (χ4v) is 1.38. The number of carboxylic acid groups (broad SMARTS) is 2. The van der Waals surface area contributed by atoms with E-state index in [1.54, 1.807) is 12.2 Å². The van der Waals surface area contributed by atoms with Crippen molar-refractivity contribution in [2.75, 3.05) is 0 Å². The van der Waals surface area contributed by atoms with Crippen molar-refractivity contribution in [3.05, 3.63) is 24.3 Å². The SMILES string of the molecule is CCCCCC=CC(=O)[O-].CCCCCC=CC(=O)[O-].[Fe+2]. The van der Waals surface area contributed by atoms with Crippen LogP contribution in [0.1, 0.15) is 65.2 Å². The molecule has 0 N–H and O–H groups in total. The van der Waals surface area contributed by atoms with E-state index in [9.17, 15) is 19.8 Å². The third-order valence-electron chi connectivity index (χ3n) is 2.46. The molecule has 0 atom stereocenters. The Bertz CT molecular complexity index is 269. The van der Waals surface area contributed by atoms with E-state index in [2.05, 4.69) is 13.8 Å². The van der Waals surface area contributed by atoms with Gasteiger partial charge in [0.25, 0.3) is 0 Å². The van der Waals surface area contributed by atoms with Gasteiger partial charge in [-0.2, -0.15) is 0 Å². The molecule has 0 aromatic rings. The van der Waals surface area contributed by atoms with E-state index in [4.69, 9.17) is 0 Å². The van der Waals surface area contributed by atoms with E-state index in [-0.39, 0.29) is 17.1 Å². The molecule has 0 aromatic carbocycles. The number of aliphatic carboxylic acids is 2. The number of hydrogen-bond acceptors (Lipinski definition) is 4. The van der Waals surface area contributed by atoms with Crippen molar-refractivity contribution < 1.29 is 36.9 Å². The van der Waals surface area contributed by atoms with Gasteiger partial charge in [0.05, 0.1) is 11.9 Å². The van der Waals surface area contributed by atoms with Crippen LogP contribution in [0.3, 0.4) is 0 Å². The summed E-state index contributed by atoms with van der Waals surface area (Å²) in [6.07, 6.45) is 14.0. The van der Waals surface area contributed by atoms with Crippen molar-refractivity contribution in [2.24, 2.45) is 0 Å². The fraction of sp³-hybridized carbons (Fsp3) is 0.625. The third-order valence-corrected chi connectivity index (χ3v) is 2.46. The molecule has 4 nitrogen and oxygen atoms in total. The Morgan fingerprint density at radius 2 is 1.10 bits per heavy atom. The molecule has 0 spiro atoms. The molecule has 21 heavy (non-hydrogen) atoms. The van der Waals surface area contributed by atoms with E-state index >= 15 is 0 Å². The van der Waals surface area contributed by atoms with Crippen LogP contribution in [-0.4, -0.2) is 11.9 Å². The van der Waals surface area contributed by atoms with Gasteiger partial charge < -0.3 is 19.8 Å². The summed E-state index contributed by atoms with van der Waals surface area (Å²) < 4.78 is 0. The molecular weight excluding hydrogens is 312 g/mol. The van der Waals surface area contributed by atoms with E-state index < -0.39 is 11.9 Å². The smallest absolute Gasteiger partial charge is 0.545 e. The predicted molar refractivity (Wildman–Crippen MR) is 76.6 cm³/mol. The summed E-state index contributed by atoms with van der Waals surface area (Å²) in [5, 5.41) is 19.7. The van der Waals surface area contributed by atoms with Gasteiger partial charge in [0.15, 0.2) is 0 Å². The maximum Gasteiger partial charge on any atom is 2.00 e. The zero-order chi connectivity index (χ0) is 15.6. The first-order valence-electron chi connectivity index (χ1n) is 7.29. The molecule has 0 bridgehead atoms. The number of carbonyl (C=O) groups excluding carboxylic acids is 2. The van der Waals surface area contributed by atoms with E-state index in [0.29, 0.717) is 0 Å². The summed E-state index contributed by atoms with van der Waals surface area (Å²) in [4.78, 5) is 19.7. The van der Waals surface area contributed by atoms with Crippen LogP contribution >= 0.6 is 0 Å². The zero-order valence-corrected chi connectivity index (χ0v) is 14.1. The molecule has 0 rings (SSSR count). The van der Waals surface area contributed by atoms with Gasteiger partial charge in [-0.3, -0.25) is 0 Å². The number of rotatable bonds is 10. The van der Waals surface area contributed by atoms with Gasteiger partial charge in [-0.15, -0.1) is 0 Å². The first kappa shape index (κ1) is 24.9. The minimum atomic E-state index is -1.10. The Labute approximate surface area is 138 Å². The summed E-state index contributed by atoms with van der Waals surface area (Å²) in [7, 11) is 0. The molecule has 0 aromatic heterocycles. The molecule has 0 radical (unpaired) electrons. The second kappa shape index (κ2) is 21.2. The third kappa shape index (κ3) is 32.5. The van der Waals surface area contributed by atoms with Crippen molar-refractivity contribution in [1.29, 1.82) is 0 Å². The number of carboxylic acids is 2. The normalized spacial score (nSPS) is 10.0. The second-order valence-corrected chi connectivity index (χ2v) is 4.43. The maximum absolute atomic E-state index is 9.83. The number of unbranched alkanes of at least 4 members (excludes halogenated alkanes) is 6. The fourth-order valence-electron chi connectivity index (χ4n) is 1.38. The Hall–Kier alpha value is -1.06. The molecule has 0 heterocycles. The van der Waals surface area contributed by atoms with Crippen molar-refractivity contribution in [3.8, 4) is 0 Å². The quantitative estimate of drug-likeness (QED) is 0.345. The predicted octanol–water partition coefficient (Wildman–Crippen LogP) is 1.74. The van der Waals surface area contributed by atoms with Crippen molar-refractivity contribution in [2.45, 2.75) is 65.2 Å². The summed E-state index contributed by atoms with van der Waals surface area (Å²) in [6.45, 7) is 4.23. The van der Waals surface area contributed by atoms with Crippen molar-refractivity contribution >= 4 is 11.9 Å². The van der Waals surface area contributed by atoms with Crippen molar-refractivity contribution in [3.63, 3.8) is 0 Å². The summed E-state index contributed by atoms with van der Waals surface area (Å²) in [5.74, 6) is -2.20. The molecule has 0 saturated carbocycles. The molecule has 0 amide bonds. The van der Waals surface area contributed by atoms with E-state index in [1.165, 1.54) is 12.8 Å². The minimum Gasteiger partial charge on any atom is -0.545 e. The number of hydrogen-bond donors (Lipinski definition) is 0. The Balaban J connectivity index is -0.000000295. The van der Waals surface area contributed by atoms with E-state index in [1.807, 2.05) is 0 Å². The van der Waals surface area contributed by atoms with Crippen LogP contribution < -0.4 is 10.2 Å². The standard InChI is InChI=1S/2C8H14O2.Fe/c2*1-2-3-4-5-6-7-8(9)10;/h2*6-7H,2-5H2,1H3,(H,9,10);/q;;+2/p-2. The van der Waals surface area contributed by atoms with Crippen molar-refractivity contribution in [1.82, 2.24) is 0 Å². The molecule has 0 unspecified atom stereocenters. The Morgan fingerprint density at radius 3 is 1.33 bits per heavy atom. The number of allylic oxidation sites excluding steroid dienone is 2. The van der Waals surface area contributed by atoms with Gasteiger partial charge in [0.2, 0.25) is 0 Å². The molecule has 0 aliphatic carbocycles. The van der Waals surface area contributed by atoms with Crippen LogP contribution in [0.4, 0.5) is 0 Å². The van der Waals surface area contributed by atoms with Crippen LogP contribution in [0.2, 0.25) is 0 Å². The Kier molecular flexibility index (Phi) is 25.2. The molecule has 0 saturated heterocycles. The van der Waals surface area contributed by atoms with Gasteiger partial charge in [-0.1, -0.05) is 51.7 Å². The van der Waals surface area contributed by atoms with Crippen LogP contribution in [-0.2, 0) is 26.7 Å². The van der Waals surface area contributed by atoms with Gasteiger partial charge in [0.1, 0.15) is 0 Å². The van der Waals surface area contributed by atoms with Gasteiger partial charge in [0, 0.05) is 0 Å². The van der Waals surface area contributed by atoms with Gasteiger partial charge in [-0.05, 0) is 37.8 Å². The van der Waals surface area contributed by atoms with E-state index in [0.717, 1.165) is 50.7 Å². The average Bonchev–Trinajstić information content (AvgIpc) is 2.38. The Morgan fingerprint density at radius 1 is 0.762 bits per heavy atom. The summed E-state index contributed by atoms with van der Waals surface area (Å²) in [5.41, 5.74) is 0. The summed E-state index contributed by atoms with van der Waals surface area (Å²) in [6, 6.07) is 0. The minimum absolute atomic E-state index is 0. The van der Waals surface area contributed by atoms with Crippen LogP contribution in [0, 0.1) is 0 Å². The zero-order valence-electron chi connectivity index (χ0n) is 13.0. The maximum atomic E-state index is 9.83. The molecule has 0 aliphatic heterocycles. The first-order valence-corrected chi connectivity index (χ1v) is 7.29. The van der Waals surface area contributed by atoms with Gasteiger partial charge >= 0.3 is 17.1 Å². The van der Waals surface area contributed by atoms with Crippen LogP contribution in [0.5, 0.6) is 0 Å². The van der Waals surface area contributed by atoms with Crippen LogP contribution in [0.15, 0.2) is 24.3 Å². The molecule has 0 fully saturated rings. The molecule has 122 valence electrons. The first-order chi connectivity index (χ1) is 9.54. The topological polar surface area (TPSA) is 80.3 Å².